The van der Waals surface area contributed by atoms with Gasteiger partial charge in [-0.1, -0.05) is 84.9 Å². The Balaban J connectivity index is 0.00000253. The number of rotatable bonds is 6. The smallest absolute Gasteiger partial charge is 0.265 e. The van der Waals surface area contributed by atoms with Crippen LogP contribution in [0.1, 0.15) is 15.9 Å². The van der Waals surface area contributed by atoms with E-state index < -0.39 is 0 Å². The van der Waals surface area contributed by atoms with Gasteiger partial charge in [-0.25, -0.2) is 4.57 Å². The largest absolute Gasteiger partial charge is 1.00 e. The molecule has 0 saturated carbocycles. The van der Waals surface area contributed by atoms with E-state index in [9.17, 15) is 4.79 Å². The van der Waals surface area contributed by atoms with E-state index in [-0.39, 0.29) is 29.3 Å². The van der Waals surface area contributed by atoms with Gasteiger partial charge in [0.1, 0.15) is 24.4 Å². The number of halogens is 1. The number of furan rings is 1. The van der Waals surface area contributed by atoms with E-state index in [0.29, 0.717) is 12.1 Å². The van der Waals surface area contributed by atoms with Crippen molar-refractivity contribution in [2.75, 3.05) is 0 Å². The van der Waals surface area contributed by atoms with Gasteiger partial charge in [0.05, 0.1) is 0 Å². The maximum Gasteiger partial charge on any atom is 0.265 e. The number of Topliss-reactive ketones (excluding diaryl/α,β-unsaturated/α-hetero) is 1. The van der Waals surface area contributed by atoms with Crippen LogP contribution < -0.4 is 21.5 Å². The van der Waals surface area contributed by atoms with Gasteiger partial charge in [-0.3, -0.25) is 4.79 Å². The Labute approximate surface area is 213 Å². The minimum absolute atomic E-state index is 0. The third-order valence-electron chi connectivity index (χ3n) is 6.08. The van der Waals surface area contributed by atoms with E-state index in [0.717, 1.165) is 38.6 Å². The quantitative estimate of drug-likeness (QED) is 0.249. The molecule has 0 spiro atoms. The van der Waals surface area contributed by atoms with E-state index in [4.69, 9.17) is 4.42 Å². The lowest BCUT2D eigenvalue weighted by Gasteiger charge is -2.02. The number of ketones is 1. The van der Waals surface area contributed by atoms with Gasteiger partial charge in [0.15, 0.2) is 5.78 Å². The average Bonchev–Trinajstić information content (AvgIpc) is 3.49. The Hall–Kier alpha value is -4.03. The molecule has 0 aliphatic rings. The summed E-state index contributed by atoms with van der Waals surface area (Å²) in [5.41, 5.74) is 3.65. The van der Waals surface area contributed by atoms with Crippen molar-refractivity contribution in [1.82, 2.24) is 9.78 Å². The Kier molecular flexibility index (Phi) is 6.29. The highest BCUT2D eigenvalue weighted by Gasteiger charge is 2.20. The summed E-state index contributed by atoms with van der Waals surface area (Å²) in [6.45, 7) is 0.772. The van der Waals surface area contributed by atoms with Gasteiger partial charge in [-0.2, -0.15) is 0 Å². The number of aromatic nitrogens is 3. The summed E-state index contributed by atoms with van der Waals surface area (Å²) in [4.78, 5) is 12.9. The van der Waals surface area contributed by atoms with Crippen molar-refractivity contribution < 1.29 is 30.8 Å². The van der Waals surface area contributed by atoms with Gasteiger partial charge in [0, 0.05) is 27.2 Å². The molecule has 0 atom stereocenters. The van der Waals surface area contributed by atoms with E-state index in [1.54, 1.807) is 6.33 Å². The number of benzene rings is 4. The lowest BCUT2D eigenvalue weighted by molar-refractivity contribution is -0.683. The summed E-state index contributed by atoms with van der Waals surface area (Å²) >= 11 is 0. The molecule has 2 aromatic heterocycles. The maximum atomic E-state index is 12.9. The molecule has 4 aromatic carbocycles. The van der Waals surface area contributed by atoms with E-state index in [2.05, 4.69) is 11.2 Å². The summed E-state index contributed by atoms with van der Waals surface area (Å²) in [5.74, 6) is 0.894. The topological polar surface area (TPSA) is 51.9 Å². The van der Waals surface area contributed by atoms with Crippen molar-refractivity contribution >= 4 is 27.5 Å². The molecule has 172 valence electrons. The van der Waals surface area contributed by atoms with Crippen LogP contribution in [0.25, 0.3) is 33.1 Å². The molecule has 5 nitrogen and oxygen atoms in total. The number of nitrogens with zero attached hydrogens (tertiary/aromatic N) is 3. The van der Waals surface area contributed by atoms with Crippen LogP contribution in [-0.4, -0.2) is 15.6 Å². The zero-order chi connectivity index (χ0) is 22.9. The highest BCUT2D eigenvalue weighted by Crippen LogP contribution is 2.33. The van der Waals surface area contributed by atoms with Crippen molar-refractivity contribution in [2.24, 2.45) is 0 Å². The number of hydrogen-bond donors (Lipinski definition) is 0. The first-order chi connectivity index (χ1) is 16.7. The van der Waals surface area contributed by atoms with Gasteiger partial charge in [-0.05, 0) is 22.9 Å². The van der Waals surface area contributed by atoms with Crippen molar-refractivity contribution in [3.05, 3.63) is 121 Å². The molecule has 0 bridgehead atoms. The third kappa shape index (κ3) is 4.53. The fraction of sp³-hybridized carbons (Fsp3) is 0.0690. The lowest BCUT2D eigenvalue weighted by Crippen LogP contribution is -3.00. The van der Waals surface area contributed by atoms with E-state index >= 15 is 0 Å². The standard InChI is InChI=1S/C29H22N3O2.BrH/c33-27(24-15-14-21-8-4-5-11-23(21)16-24)18-31-19-30-32(20-31)17-26-25-12-6-7-13-28(25)34-29(26)22-9-2-1-3-10-22;/h1-16,19-20H,17-18H2;1H/q+1;/p-1. The Morgan fingerprint density at radius 2 is 1.60 bits per heavy atom. The molecule has 6 heteroatoms. The molecule has 0 aliphatic carbocycles. The summed E-state index contributed by atoms with van der Waals surface area (Å²) in [6.07, 6.45) is 3.57. The Morgan fingerprint density at radius 3 is 2.46 bits per heavy atom. The second-order valence-electron chi connectivity index (χ2n) is 8.37. The van der Waals surface area contributed by atoms with Crippen molar-refractivity contribution in [3.63, 3.8) is 0 Å². The van der Waals surface area contributed by atoms with Crippen LogP contribution in [0.3, 0.4) is 0 Å². The number of hydrogen-bond acceptors (Lipinski definition) is 3. The first-order valence-corrected chi connectivity index (χ1v) is 11.2. The molecule has 2 heterocycles. The number of fused-ring (bicyclic) bond motifs is 2. The fourth-order valence-corrected chi connectivity index (χ4v) is 4.39. The van der Waals surface area contributed by atoms with Crippen LogP contribution in [-0.2, 0) is 13.1 Å². The monoisotopic (exact) mass is 523 g/mol. The van der Waals surface area contributed by atoms with Crippen LogP contribution in [0.5, 0.6) is 0 Å². The van der Waals surface area contributed by atoms with Gasteiger partial charge in [0.25, 0.3) is 6.33 Å². The minimum atomic E-state index is 0. The van der Waals surface area contributed by atoms with Gasteiger partial charge in [-0.15, -0.1) is 4.68 Å². The van der Waals surface area contributed by atoms with Crippen LogP contribution in [0, 0.1) is 0 Å². The zero-order valence-electron chi connectivity index (χ0n) is 18.8. The highest BCUT2D eigenvalue weighted by molar-refractivity contribution is 5.99. The van der Waals surface area contributed by atoms with Crippen molar-refractivity contribution in [1.29, 1.82) is 0 Å². The lowest BCUT2D eigenvalue weighted by atomic mass is 10.0. The molecule has 0 radical (unpaired) electrons. The average molecular weight is 524 g/mol. The SMILES string of the molecule is O=C(C[n+]1cnn(Cc2c(-c3ccccc3)oc3ccccc23)c1)c1ccc2ccccc2c1.[Br-]. The predicted octanol–water partition coefficient (Wildman–Crippen LogP) is 2.67. The maximum absolute atomic E-state index is 12.9. The van der Waals surface area contributed by atoms with Gasteiger partial charge >= 0.3 is 0 Å². The van der Waals surface area contributed by atoms with Crippen molar-refractivity contribution in [2.45, 2.75) is 13.1 Å². The van der Waals surface area contributed by atoms with Gasteiger partial charge in [0.2, 0.25) is 6.33 Å². The molecule has 0 fully saturated rings. The number of para-hydroxylation sites is 1. The van der Waals surface area contributed by atoms with Gasteiger partial charge < -0.3 is 21.4 Å². The summed E-state index contributed by atoms with van der Waals surface area (Å²) in [6, 6.07) is 32.0. The highest BCUT2D eigenvalue weighted by atomic mass is 79.9. The Morgan fingerprint density at radius 1 is 0.857 bits per heavy atom. The molecule has 0 amide bonds. The van der Waals surface area contributed by atoms with Crippen LogP contribution >= 0.6 is 0 Å². The molecule has 0 unspecified atom stereocenters. The first kappa shape index (κ1) is 22.7. The van der Waals surface area contributed by atoms with Crippen LogP contribution in [0.15, 0.2) is 114 Å². The molecule has 6 aromatic rings. The molecular weight excluding hydrogens is 502 g/mol. The third-order valence-corrected chi connectivity index (χ3v) is 6.08. The van der Waals surface area contributed by atoms with Crippen LogP contribution in [0.4, 0.5) is 0 Å². The molecule has 0 saturated heterocycles. The minimum Gasteiger partial charge on any atom is -1.00 e. The molecule has 0 aliphatic heterocycles. The zero-order valence-corrected chi connectivity index (χ0v) is 20.4. The predicted molar refractivity (Wildman–Crippen MR) is 131 cm³/mol. The molecular formula is C29H22BrN3O2. The second kappa shape index (κ2) is 9.68. The fourth-order valence-electron chi connectivity index (χ4n) is 4.39. The number of carbonyl (C=O) groups excluding carboxylic acids is 1. The van der Waals surface area contributed by atoms with E-state index in [1.165, 1.54) is 0 Å². The summed E-state index contributed by atoms with van der Waals surface area (Å²) in [5, 5.41) is 7.77. The van der Waals surface area contributed by atoms with Crippen molar-refractivity contribution in [3.8, 4) is 11.3 Å². The number of carbonyl (C=O) groups is 1. The molecule has 6 rings (SSSR count). The summed E-state index contributed by atoms with van der Waals surface area (Å²) in [7, 11) is 0. The molecule has 0 N–H and O–H groups in total. The van der Waals surface area contributed by atoms with Crippen LogP contribution in [0.2, 0.25) is 0 Å². The second-order valence-corrected chi connectivity index (χ2v) is 8.37. The summed E-state index contributed by atoms with van der Waals surface area (Å²) < 4.78 is 9.89. The Bertz CT molecular complexity index is 1640. The molecule has 35 heavy (non-hydrogen) atoms. The first-order valence-electron chi connectivity index (χ1n) is 11.2. The normalized spacial score (nSPS) is 11.0. The van der Waals surface area contributed by atoms with E-state index in [1.807, 2.05) is 107 Å².